The molecule has 6 nitrogen and oxygen atoms in total. The summed E-state index contributed by atoms with van der Waals surface area (Å²) in [6, 6.07) is 5.74. The minimum absolute atomic E-state index is 0.0925. The zero-order valence-corrected chi connectivity index (χ0v) is 17.6. The van der Waals surface area contributed by atoms with Gasteiger partial charge in [0, 0.05) is 23.2 Å². The van der Waals surface area contributed by atoms with Gasteiger partial charge >= 0.3 is 0 Å². The van der Waals surface area contributed by atoms with Crippen molar-refractivity contribution in [3.63, 3.8) is 0 Å². The average molecular weight is 397 g/mol. The lowest BCUT2D eigenvalue weighted by Crippen LogP contribution is -2.32. The zero-order valence-electron chi connectivity index (χ0n) is 16.8. The van der Waals surface area contributed by atoms with Crippen LogP contribution in [-0.4, -0.2) is 28.3 Å². The standard InChI is InChI=1S/C21H24N4O2S/c1-6-16-23-14(5)18-13(4)19(28-21(18)25-16)20(27)22-10-17(26)24-15-9-7-8-11(2)12(15)3/h7-9H,6,10H2,1-5H3,(H,22,27)(H,24,26). The van der Waals surface area contributed by atoms with Crippen LogP contribution >= 0.6 is 11.3 Å². The van der Waals surface area contributed by atoms with Crippen molar-refractivity contribution in [2.75, 3.05) is 11.9 Å². The number of fused-ring (bicyclic) bond motifs is 1. The molecule has 146 valence electrons. The van der Waals surface area contributed by atoms with Crippen LogP contribution in [-0.2, 0) is 11.2 Å². The van der Waals surface area contributed by atoms with Crippen molar-refractivity contribution in [3.8, 4) is 0 Å². The number of hydrogen-bond acceptors (Lipinski definition) is 5. The predicted molar refractivity (Wildman–Crippen MR) is 113 cm³/mol. The summed E-state index contributed by atoms with van der Waals surface area (Å²) in [5, 5.41) is 6.49. The molecule has 2 heterocycles. The third-order valence-corrected chi connectivity index (χ3v) is 6.01. The van der Waals surface area contributed by atoms with Gasteiger partial charge in [-0.05, 0) is 50.5 Å². The lowest BCUT2D eigenvalue weighted by atomic mass is 10.1. The molecule has 0 unspecified atom stereocenters. The Hall–Kier alpha value is -2.80. The van der Waals surface area contributed by atoms with Gasteiger partial charge in [0.1, 0.15) is 10.7 Å². The first-order chi connectivity index (χ1) is 13.3. The second-order valence-electron chi connectivity index (χ2n) is 6.79. The molecule has 0 saturated carbocycles. The van der Waals surface area contributed by atoms with Crippen LogP contribution in [0.15, 0.2) is 18.2 Å². The van der Waals surface area contributed by atoms with Crippen LogP contribution < -0.4 is 10.6 Å². The highest BCUT2D eigenvalue weighted by atomic mass is 32.1. The summed E-state index contributed by atoms with van der Waals surface area (Å²) in [6.45, 7) is 9.69. The topological polar surface area (TPSA) is 84.0 Å². The van der Waals surface area contributed by atoms with E-state index in [1.807, 2.05) is 52.8 Å². The summed E-state index contributed by atoms with van der Waals surface area (Å²) in [5.41, 5.74) is 4.61. The number of amides is 2. The van der Waals surface area contributed by atoms with Gasteiger partial charge in [-0.25, -0.2) is 9.97 Å². The summed E-state index contributed by atoms with van der Waals surface area (Å²) < 4.78 is 0. The van der Waals surface area contributed by atoms with E-state index in [-0.39, 0.29) is 18.4 Å². The maximum absolute atomic E-state index is 12.6. The average Bonchev–Trinajstić information content (AvgIpc) is 3.00. The molecule has 2 N–H and O–H groups in total. The van der Waals surface area contributed by atoms with Gasteiger partial charge in [0.15, 0.2) is 0 Å². The number of rotatable bonds is 5. The summed E-state index contributed by atoms with van der Waals surface area (Å²) in [5.74, 6) is 0.241. The molecule has 7 heteroatoms. The smallest absolute Gasteiger partial charge is 0.262 e. The highest BCUT2D eigenvalue weighted by molar-refractivity contribution is 7.20. The Bertz CT molecular complexity index is 1070. The first kappa shape index (κ1) is 19.9. The largest absolute Gasteiger partial charge is 0.342 e. The minimum atomic E-state index is -0.269. The third kappa shape index (κ3) is 3.89. The predicted octanol–water partition coefficient (Wildman–Crippen LogP) is 3.86. The van der Waals surface area contributed by atoms with Crippen molar-refractivity contribution in [3.05, 3.63) is 51.3 Å². The number of hydrogen-bond donors (Lipinski definition) is 2. The Labute approximate surface area is 168 Å². The quantitative estimate of drug-likeness (QED) is 0.686. The summed E-state index contributed by atoms with van der Waals surface area (Å²) >= 11 is 1.34. The normalized spacial score (nSPS) is 10.9. The van der Waals surface area contributed by atoms with Crippen LogP contribution in [0, 0.1) is 27.7 Å². The number of carbonyl (C=O) groups is 2. The molecule has 28 heavy (non-hydrogen) atoms. The number of anilines is 1. The molecule has 0 spiro atoms. The van der Waals surface area contributed by atoms with Gasteiger partial charge in [0.25, 0.3) is 5.91 Å². The Morgan fingerprint density at radius 2 is 1.82 bits per heavy atom. The molecular formula is C21H24N4O2S. The molecule has 0 aliphatic carbocycles. The molecule has 0 saturated heterocycles. The molecule has 0 fully saturated rings. The molecule has 2 aromatic heterocycles. The van der Waals surface area contributed by atoms with E-state index in [2.05, 4.69) is 20.6 Å². The molecule has 3 aromatic rings. The van der Waals surface area contributed by atoms with E-state index < -0.39 is 0 Å². The van der Waals surface area contributed by atoms with Crippen LogP contribution in [0.25, 0.3) is 10.2 Å². The van der Waals surface area contributed by atoms with Crippen molar-refractivity contribution in [2.24, 2.45) is 0 Å². The van der Waals surface area contributed by atoms with Gasteiger partial charge < -0.3 is 10.6 Å². The van der Waals surface area contributed by atoms with Crippen molar-refractivity contribution >= 4 is 39.1 Å². The fourth-order valence-corrected chi connectivity index (χ4v) is 4.26. The Morgan fingerprint density at radius 1 is 1.07 bits per heavy atom. The number of aryl methyl sites for hydroxylation is 4. The lowest BCUT2D eigenvalue weighted by Gasteiger charge is -2.10. The first-order valence-electron chi connectivity index (χ1n) is 9.22. The van der Waals surface area contributed by atoms with Gasteiger partial charge in [0.05, 0.1) is 11.4 Å². The number of nitrogens with zero attached hydrogens (tertiary/aromatic N) is 2. The van der Waals surface area contributed by atoms with E-state index in [1.165, 1.54) is 11.3 Å². The number of benzene rings is 1. The highest BCUT2D eigenvalue weighted by Crippen LogP contribution is 2.31. The highest BCUT2D eigenvalue weighted by Gasteiger charge is 2.19. The lowest BCUT2D eigenvalue weighted by molar-refractivity contribution is -0.115. The van der Waals surface area contributed by atoms with Crippen molar-refractivity contribution in [1.82, 2.24) is 15.3 Å². The molecule has 0 atom stereocenters. The molecule has 0 aliphatic heterocycles. The number of carbonyl (C=O) groups excluding carboxylic acids is 2. The van der Waals surface area contributed by atoms with Crippen molar-refractivity contribution < 1.29 is 9.59 Å². The second kappa shape index (κ2) is 8.06. The van der Waals surface area contributed by atoms with E-state index in [4.69, 9.17) is 0 Å². The second-order valence-corrected chi connectivity index (χ2v) is 7.79. The Kier molecular flexibility index (Phi) is 5.74. The monoisotopic (exact) mass is 396 g/mol. The Morgan fingerprint density at radius 3 is 2.54 bits per heavy atom. The van der Waals surface area contributed by atoms with E-state index in [0.29, 0.717) is 4.88 Å². The van der Waals surface area contributed by atoms with Crippen LogP contribution in [0.5, 0.6) is 0 Å². The summed E-state index contributed by atoms with van der Waals surface area (Å²) in [7, 11) is 0. The van der Waals surface area contributed by atoms with Gasteiger partial charge in [-0.3, -0.25) is 9.59 Å². The summed E-state index contributed by atoms with van der Waals surface area (Å²) in [6.07, 6.45) is 0.744. The molecular weight excluding hydrogens is 372 g/mol. The number of aromatic nitrogens is 2. The number of nitrogens with one attached hydrogen (secondary N) is 2. The molecule has 2 amide bonds. The SMILES string of the molecule is CCc1nc(C)c2c(C)c(C(=O)NCC(=O)Nc3cccc(C)c3C)sc2n1. The minimum Gasteiger partial charge on any atom is -0.342 e. The molecule has 0 aliphatic rings. The Balaban J connectivity index is 1.73. The fourth-order valence-electron chi connectivity index (χ4n) is 3.09. The van der Waals surface area contributed by atoms with Crippen molar-refractivity contribution in [2.45, 2.75) is 41.0 Å². The maximum atomic E-state index is 12.6. The van der Waals surface area contributed by atoms with E-state index in [1.54, 1.807) is 0 Å². The number of thiophene rings is 1. The molecule has 3 rings (SSSR count). The van der Waals surface area contributed by atoms with Crippen LogP contribution in [0.2, 0.25) is 0 Å². The van der Waals surface area contributed by atoms with Crippen molar-refractivity contribution in [1.29, 1.82) is 0 Å². The van der Waals surface area contributed by atoms with Gasteiger partial charge in [-0.15, -0.1) is 11.3 Å². The van der Waals surface area contributed by atoms with E-state index in [0.717, 1.165) is 50.5 Å². The van der Waals surface area contributed by atoms with Crippen LogP contribution in [0.4, 0.5) is 5.69 Å². The first-order valence-corrected chi connectivity index (χ1v) is 10.0. The molecule has 1 aromatic carbocycles. The van der Waals surface area contributed by atoms with Crippen LogP contribution in [0.3, 0.4) is 0 Å². The van der Waals surface area contributed by atoms with Gasteiger partial charge in [-0.2, -0.15) is 0 Å². The maximum Gasteiger partial charge on any atom is 0.262 e. The van der Waals surface area contributed by atoms with Crippen LogP contribution in [0.1, 0.15) is 44.8 Å². The molecule has 0 bridgehead atoms. The summed E-state index contributed by atoms with van der Waals surface area (Å²) in [4.78, 5) is 35.3. The fraction of sp³-hybridized carbons (Fsp3) is 0.333. The van der Waals surface area contributed by atoms with Gasteiger partial charge in [-0.1, -0.05) is 19.1 Å². The zero-order chi connectivity index (χ0) is 20.4. The third-order valence-electron chi connectivity index (χ3n) is 4.83. The van der Waals surface area contributed by atoms with Gasteiger partial charge in [0.2, 0.25) is 5.91 Å². The molecule has 0 radical (unpaired) electrons. The van der Waals surface area contributed by atoms with E-state index >= 15 is 0 Å². The van der Waals surface area contributed by atoms with E-state index in [9.17, 15) is 9.59 Å².